The van der Waals surface area contributed by atoms with Gasteiger partial charge in [0, 0.05) is 0 Å². The SMILES string of the molecule is Cl[SiH](Cl)[Si](Cl)(Cl)[SiH](Cl)Cl. The quantitative estimate of drug-likeness (QED) is 0.543. The van der Waals surface area contributed by atoms with Gasteiger partial charge in [0.25, 0.3) is 19.6 Å². The molecule has 0 nitrogen and oxygen atoms in total. The molecule has 0 fully saturated rings. The van der Waals surface area contributed by atoms with E-state index < -0.39 is 19.6 Å². The molecular formula is H2Cl6Si3. The minimum atomic E-state index is -2.57. The molecule has 9 heteroatoms. The van der Waals surface area contributed by atoms with Gasteiger partial charge in [-0.25, -0.2) is 0 Å². The molecule has 0 aliphatic carbocycles. The number of hydrogen-bond donors (Lipinski definition) is 0. The van der Waals surface area contributed by atoms with Gasteiger partial charge in [-0.1, -0.05) is 0 Å². The molecule has 0 heterocycles. The molecule has 0 aliphatic rings. The van der Waals surface area contributed by atoms with Gasteiger partial charge in [0.2, 0.25) is 0 Å². The third-order valence-electron chi connectivity index (χ3n) is 0.582. The zero-order valence-corrected chi connectivity index (χ0v) is 11.8. The molecule has 0 saturated carbocycles. The first-order valence-corrected chi connectivity index (χ1v) is 16.5. The third-order valence-corrected chi connectivity index (χ3v) is 47.1. The summed E-state index contributed by atoms with van der Waals surface area (Å²) in [7, 11) is 0. The highest BCUT2D eigenvalue weighted by molar-refractivity contribution is 8.07. The molecule has 0 spiro atoms. The highest BCUT2D eigenvalue weighted by Gasteiger charge is 2.46. The van der Waals surface area contributed by atoms with Gasteiger partial charge in [0.05, 0.1) is 0 Å². The first-order chi connectivity index (χ1) is 3.89. The summed E-state index contributed by atoms with van der Waals surface area (Å²) in [5.74, 6) is 0. The van der Waals surface area contributed by atoms with Crippen molar-refractivity contribution in [3.63, 3.8) is 0 Å². The summed E-state index contributed by atoms with van der Waals surface area (Å²) in [5, 5.41) is 0. The topological polar surface area (TPSA) is 0 Å². The first kappa shape index (κ1) is 11.4. The Morgan fingerprint density at radius 3 is 1.00 bits per heavy atom. The molecule has 0 atom stereocenters. The van der Waals surface area contributed by atoms with Crippen LogP contribution in [0.25, 0.3) is 0 Å². The molecule has 0 aliphatic heterocycles. The van der Waals surface area contributed by atoms with Crippen LogP contribution in [0.2, 0.25) is 0 Å². The minimum Gasteiger partial charge on any atom is -0.151 e. The maximum Gasteiger partial charge on any atom is 0.289 e. The molecule has 0 radical (unpaired) electrons. The van der Waals surface area contributed by atoms with Crippen molar-refractivity contribution >= 4 is 86.1 Å². The maximum absolute atomic E-state index is 5.71. The van der Waals surface area contributed by atoms with Crippen LogP contribution >= 0.6 is 66.5 Å². The largest absolute Gasteiger partial charge is 0.289 e. The van der Waals surface area contributed by atoms with Crippen LogP contribution in [0.15, 0.2) is 0 Å². The lowest BCUT2D eigenvalue weighted by Gasteiger charge is -2.14. The Bertz CT molecular complexity index is 76.3. The zero-order chi connectivity index (χ0) is 7.65. The Morgan fingerprint density at radius 1 is 0.778 bits per heavy atom. The number of hydrogen-bond acceptors (Lipinski definition) is 0. The summed E-state index contributed by atoms with van der Waals surface area (Å²) in [4.78, 5) is 0. The van der Waals surface area contributed by atoms with Crippen LogP contribution in [0.4, 0.5) is 0 Å². The van der Waals surface area contributed by atoms with Crippen LogP contribution < -0.4 is 0 Å². The standard InChI is InChI=1S/Cl6H2Si3/c1-7(2)9(5,6)8(3)4/h7-8H. The highest BCUT2D eigenvalue weighted by Crippen LogP contribution is 2.29. The van der Waals surface area contributed by atoms with Gasteiger partial charge in [-0.2, -0.15) is 44.3 Å². The Labute approximate surface area is 85.3 Å². The molecule has 0 unspecified atom stereocenters. The fourth-order valence-corrected chi connectivity index (χ4v) is 23.1. The first-order valence-electron chi connectivity index (χ1n) is 1.83. The van der Waals surface area contributed by atoms with Crippen LogP contribution in [0.5, 0.6) is 0 Å². The molecule has 0 aromatic rings. The van der Waals surface area contributed by atoms with Gasteiger partial charge in [-0.05, 0) is 0 Å². The van der Waals surface area contributed by atoms with Crippen molar-refractivity contribution < 1.29 is 0 Å². The Kier molecular flexibility index (Phi) is 5.60. The van der Waals surface area contributed by atoms with E-state index in [1.807, 2.05) is 0 Å². The van der Waals surface area contributed by atoms with Gasteiger partial charge >= 0.3 is 0 Å². The molecule has 0 amide bonds. The van der Waals surface area contributed by atoms with Gasteiger partial charge < -0.3 is 0 Å². The summed E-state index contributed by atoms with van der Waals surface area (Å²) in [5.41, 5.74) is -2.57. The molecule has 0 aromatic carbocycles. The molecule has 0 rings (SSSR count). The van der Waals surface area contributed by atoms with E-state index in [-0.39, 0.29) is 0 Å². The fourth-order valence-electron chi connectivity index (χ4n) is 0.0952. The minimum absolute atomic E-state index is 2.03. The van der Waals surface area contributed by atoms with E-state index in [1.165, 1.54) is 0 Å². The molecule has 0 aromatic heterocycles. The zero-order valence-electron chi connectivity index (χ0n) is 3.92. The molecule has 0 saturated heterocycles. The molecular weight excluding hydrogens is 297 g/mol. The number of rotatable bonds is 2. The van der Waals surface area contributed by atoms with E-state index in [1.54, 1.807) is 0 Å². The predicted molar refractivity (Wildman–Crippen MR) is 55.2 cm³/mol. The second-order valence-electron chi connectivity index (χ2n) is 1.28. The van der Waals surface area contributed by atoms with E-state index in [9.17, 15) is 0 Å². The Balaban J connectivity index is 4.01. The van der Waals surface area contributed by atoms with Crippen LogP contribution in [-0.4, -0.2) is 19.6 Å². The van der Waals surface area contributed by atoms with Gasteiger partial charge in [0.1, 0.15) is 0 Å². The van der Waals surface area contributed by atoms with E-state index in [4.69, 9.17) is 66.5 Å². The van der Waals surface area contributed by atoms with Crippen molar-refractivity contribution in [1.29, 1.82) is 0 Å². The van der Waals surface area contributed by atoms with Gasteiger partial charge in [-0.3, -0.25) is 0 Å². The second kappa shape index (κ2) is 4.42. The monoisotopic (exact) mass is 296 g/mol. The summed E-state index contributed by atoms with van der Waals surface area (Å²) in [6.07, 6.45) is 0. The van der Waals surface area contributed by atoms with Crippen LogP contribution in [0.3, 0.4) is 0 Å². The second-order valence-corrected chi connectivity index (χ2v) is 34.4. The molecule has 56 valence electrons. The van der Waals surface area contributed by atoms with Crippen LogP contribution in [0.1, 0.15) is 0 Å². The van der Waals surface area contributed by atoms with Gasteiger partial charge in [0.15, 0.2) is 0 Å². The lowest BCUT2D eigenvalue weighted by Crippen LogP contribution is -2.43. The lowest BCUT2D eigenvalue weighted by molar-refractivity contribution is 3.49. The Hall–Kier alpha value is 2.39. The predicted octanol–water partition coefficient (Wildman–Crippen LogP) is 2.46. The smallest absolute Gasteiger partial charge is 0.151 e. The summed E-state index contributed by atoms with van der Waals surface area (Å²) in [6.45, 7) is -4.05. The van der Waals surface area contributed by atoms with E-state index in [0.29, 0.717) is 0 Å². The van der Waals surface area contributed by atoms with Crippen molar-refractivity contribution in [3.8, 4) is 0 Å². The van der Waals surface area contributed by atoms with E-state index >= 15 is 0 Å². The summed E-state index contributed by atoms with van der Waals surface area (Å²) < 4.78 is 0. The van der Waals surface area contributed by atoms with Gasteiger partial charge in [-0.15, -0.1) is 22.2 Å². The molecule has 0 bridgehead atoms. The summed E-state index contributed by atoms with van der Waals surface area (Å²) >= 11 is 33.5. The van der Waals surface area contributed by atoms with Crippen LogP contribution in [0, 0.1) is 0 Å². The lowest BCUT2D eigenvalue weighted by atomic mass is 26.5. The fraction of sp³-hybridized carbons (Fsp3) is 0. The number of halogens is 6. The van der Waals surface area contributed by atoms with Crippen LogP contribution in [-0.2, 0) is 0 Å². The maximum atomic E-state index is 5.71. The van der Waals surface area contributed by atoms with Crippen molar-refractivity contribution in [3.05, 3.63) is 0 Å². The van der Waals surface area contributed by atoms with E-state index in [2.05, 4.69) is 0 Å². The average molecular weight is 299 g/mol. The van der Waals surface area contributed by atoms with Crippen molar-refractivity contribution in [1.82, 2.24) is 0 Å². The third kappa shape index (κ3) is 3.53. The van der Waals surface area contributed by atoms with Crippen molar-refractivity contribution in [2.75, 3.05) is 0 Å². The van der Waals surface area contributed by atoms with Crippen molar-refractivity contribution in [2.24, 2.45) is 0 Å². The van der Waals surface area contributed by atoms with Crippen molar-refractivity contribution in [2.45, 2.75) is 0 Å². The molecule has 9 heavy (non-hydrogen) atoms. The normalized spacial score (nSPS) is 13.3. The summed E-state index contributed by atoms with van der Waals surface area (Å²) in [6, 6.07) is 0. The highest BCUT2D eigenvalue weighted by atomic mass is 35.8. The van der Waals surface area contributed by atoms with E-state index in [0.717, 1.165) is 0 Å². The average Bonchev–Trinajstić information content (AvgIpc) is 1.65. The Morgan fingerprint density at radius 2 is 1.00 bits per heavy atom. The molecule has 0 N–H and O–H groups in total.